The molecule has 0 aromatic heterocycles. The summed E-state index contributed by atoms with van der Waals surface area (Å²) in [5.74, 6) is -0.347. The minimum Gasteiger partial charge on any atom is -0.481 e. The Morgan fingerprint density at radius 3 is 2.46 bits per heavy atom. The molecule has 1 heterocycles. The zero-order valence-corrected chi connectivity index (χ0v) is 8.55. The molecule has 0 amide bonds. The maximum absolute atomic E-state index is 10.4. The number of hydroxylamine groups is 2. The monoisotopic (exact) mass is 209 g/mol. The van der Waals surface area contributed by atoms with Gasteiger partial charge >= 0.3 is 5.97 Å². The van der Waals surface area contributed by atoms with Gasteiger partial charge in [0.2, 0.25) is 0 Å². The van der Waals surface area contributed by atoms with E-state index in [2.05, 4.69) is 0 Å². The van der Waals surface area contributed by atoms with Crippen molar-refractivity contribution in [3.8, 4) is 0 Å². The molecule has 1 fully saturated rings. The molecule has 0 unspecified atom stereocenters. The molecule has 78 valence electrons. The highest BCUT2D eigenvalue weighted by molar-refractivity contribution is 5.85. The number of nitrogens with zero attached hydrogens (tertiary/aromatic N) is 1. The van der Waals surface area contributed by atoms with Crippen LogP contribution in [0.5, 0.6) is 0 Å². The van der Waals surface area contributed by atoms with Gasteiger partial charge in [-0.2, -0.15) is 5.06 Å². The third-order valence-electron chi connectivity index (χ3n) is 2.29. The third-order valence-corrected chi connectivity index (χ3v) is 2.29. The van der Waals surface area contributed by atoms with Crippen molar-refractivity contribution in [1.82, 2.24) is 5.06 Å². The maximum Gasteiger partial charge on any atom is 0.303 e. The number of piperidine rings is 1. The fourth-order valence-electron chi connectivity index (χ4n) is 1.54. The average molecular weight is 210 g/mol. The second-order valence-corrected chi connectivity index (χ2v) is 3.15. The Morgan fingerprint density at radius 1 is 1.54 bits per heavy atom. The molecule has 0 aliphatic carbocycles. The number of carbonyl (C=O) groups is 1. The Labute approximate surface area is 84.2 Å². The smallest absolute Gasteiger partial charge is 0.303 e. The van der Waals surface area contributed by atoms with Gasteiger partial charge in [-0.05, 0) is 18.8 Å². The second kappa shape index (κ2) is 6.18. The molecule has 0 aromatic rings. The van der Waals surface area contributed by atoms with Gasteiger partial charge in [0.05, 0.1) is 7.11 Å². The van der Waals surface area contributed by atoms with Gasteiger partial charge in [-0.15, -0.1) is 12.4 Å². The first-order valence-corrected chi connectivity index (χ1v) is 4.23. The SMILES string of the molecule is CON1CCC(CC(=O)O)CC1.Cl. The Balaban J connectivity index is 0.00000144. The van der Waals surface area contributed by atoms with E-state index in [-0.39, 0.29) is 12.4 Å². The summed E-state index contributed by atoms with van der Waals surface area (Å²) < 4.78 is 0. The van der Waals surface area contributed by atoms with E-state index in [9.17, 15) is 4.79 Å². The van der Waals surface area contributed by atoms with Crippen LogP contribution in [-0.4, -0.2) is 36.3 Å². The predicted molar refractivity (Wildman–Crippen MR) is 50.8 cm³/mol. The van der Waals surface area contributed by atoms with Gasteiger partial charge < -0.3 is 9.94 Å². The van der Waals surface area contributed by atoms with Crippen LogP contribution in [0, 0.1) is 5.92 Å². The Hall–Kier alpha value is -0.320. The molecule has 1 aliphatic rings. The molecule has 0 bridgehead atoms. The van der Waals surface area contributed by atoms with E-state index in [1.807, 2.05) is 5.06 Å². The summed E-state index contributed by atoms with van der Waals surface area (Å²) >= 11 is 0. The van der Waals surface area contributed by atoms with E-state index in [4.69, 9.17) is 9.94 Å². The highest BCUT2D eigenvalue weighted by atomic mass is 35.5. The van der Waals surface area contributed by atoms with E-state index in [0.717, 1.165) is 25.9 Å². The number of carboxylic acids is 1. The van der Waals surface area contributed by atoms with Crippen LogP contribution >= 0.6 is 12.4 Å². The molecular weight excluding hydrogens is 194 g/mol. The largest absolute Gasteiger partial charge is 0.481 e. The fraction of sp³-hybridized carbons (Fsp3) is 0.875. The van der Waals surface area contributed by atoms with Crippen molar-refractivity contribution >= 4 is 18.4 Å². The normalized spacial score (nSPS) is 19.5. The van der Waals surface area contributed by atoms with Crippen LogP contribution in [0.15, 0.2) is 0 Å². The van der Waals surface area contributed by atoms with Crippen molar-refractivity contribution in [3.05, 3.63) is 0 Å². The Morgan fingerprint density at radius 2 is 2.08 bits per heavy atom. The van der Waals surface area contributed by atoms with Crippen LogP contribution in [0.4, 0.5) is 0 Å². The van der Waals surface area contributed by atoms with Crippen LogP contribution in [0.1, 0.15) is 19.3 Å². The van der Waals surface area contributed by atoms with Crippen LogP contribution in [0.25, 0.3) is 0 Å². The van der Waals surface area contributed by atoms with Crippen molar-refractivity contribution in [1.29, 1.82) is 0 Å². The molecule has 4 nitrogen and oxygen atoms in total. The molecule has 13 heavy (non-hydrogen) atoms. The van der Waals surface area contributed by atoms with Crippen molar-refractivity contribution in [3.63, 3.8) is 0 Å². The molecule has 0 aromatic carbocycles. The van der Waals surface area contributed by atoms with Crippen molar-refractivity contribution in [2.45, 2.75) is 19.3 Å². The van der Waals surface area contributed by atoms with Gasteiger partial charge in [0.15, 0.2) is 0 Å². The maximum atomic E-state index is 10.4. The highest BCUT2D eigenvalue weighted by Crippen LogP contribution is 2.19. The minimum absolute atomic E-state index is 0. The lowest BCUT2D eigenvalue weighted by Crippen LogP contribution is -2.33. The summed E-state index contributed by atoms with van der Waals surface area (Å²) in [5, 5.41) is 10.4. The van der Waals surface area contributed by atoms with Crippen LogP contribution < -0.4 is 0 Å². The number of rotatable bonds is 3. The first-order chi connectivity index (χ1) is 5.72. The summed E-state index contributed by atoms with van der Waals surface area (Å²) in [5.41, 5.74) is 0. The van der Waals surface area contributed by atoms with Crippen LogP contribution in [0.2, 0.25) is 0 Å². The van der Waals surface area contributed by atoms with E-state index in [0.29, 0.717) is 12.3 Å². The average Bonchev–Trinajstić information content (AvgIpc) is 2.05. The van der Waals surface area contributed by atoms with Gasteiger partial charge in [-0.3, -0.25) is 4.79 Å². The molecule has 1 aliphatic heterocycles. The summed E-state index contributed by atoms with van der Waals surface area (Å²) in [7, 11) is 1.65. The van der Waals surface area contributed by atoms with Crippen LogP contribution in [0.3, 0.4) is 0 Å². The van der Waals surface area contributed by atoms with Crippen LogP contribution in [-0.2, 0) is 9.63 Å². The molecule has 1 rings (SSSR count). The number of hydrogen-bond acceptors (Lipinski definition) is 3. The predicted octanol–water partition coefficient (Wildman–Crippen LogP) is 1.16. The molecular formula is C8H16ClNO3. The first-order valence-electron chi connectivity index (χ1n) is 4.23. The standard InChI is InChI=1S/C8H15NO3.ClH/c1-12-9-4-2-7(3-5-9)6-8(10)11;/h7H,2-6H2,1H3,(H,10,11);1H. The van der Waals surface area contributed by atoms with Crippen molar-refractivity contribution < 1.29 is 14.7 Å². The molecule has 0 atom stereocenters. The lowest BCUT2D eigenvalue weighted by Gasteiger charge is -2.28. The lowest BCUT2D eigenvalue weighted by molar-refractivity contribution is -0.153. The van der Waals surface area contributed by atoms with Gasteiger partial charge in [0.25, 0.3) is 0 Å². The molecule has 0 radical (unpaired) electrons. The number of hydrogen-bond donors (Lipinski definition) is 1. The third kappa shape index (κ3) is 4.45. The zero-order valence-electron chi connectivity index (χ0n) is 7.73. The Kier molecular flexibility index (Phi) is 6.03. The molecule has 5 heteroatoms. The molecule has 0 saturated carbocycles. The first kappa shape index (κ1) is 12.7. The zero-order chi connectivity index (χ0) is 8.97. The van der Waals surface area contributed by atoms with Crippen molar-refractivity contribution in [2.75, 3.05) is 20.2 Å². The van der Waals surface area contributed by atoms with E-state index < -0.39 is 5.97 Å². The van der Waals surface area contributed by atoms with Gasteiger partial charge in [-0.1, -0.05) is 0 Å². The van der Waals surface area contributed by atoms with Gasteiger partial charge in [0.1, 0.15) is 0 Å². The quantitative estimate of drug-likeness (QED) is 0.758. The minimum atomic E-state index is -0.689. The molecule has 0 spiro atoms. The second-order valence-electron chi connectivity index (χ2n) is 3.15. The molecule has 1 N–H and O–H groups in total. The van der Waals surface area contributed by atoms with E-state index in [1.165, 1.54) is 0 Å². The van der Waals surface area contributed by atoms with E-state index >= 15 is 0 Å². The van der Waals surface area contributed by atoms with Gasteiger partial charge in [0, 0.05) is 19.5 Å². The number of halogens is 1. The topological polar surface area (TPSA) is 49.8 Å². The highest BCUT2D eigenvalue weighted by Gasteiger charge is 2.20. The number of aliphatic carboxylic acids is 1. The van der Waals surface area contributed by atoms with E-state index in [1.54, 1.807) is 7.11 Å². The summed E-state index contributed by atoms with van der Waals surface area (Å²) in [6.45, 7) is 1.71. The summed E-state index contributed by atoms with van der Waals surface area (Å²) in [6.07, 6.45) is 2.16. The fourth-order valence-corrected chi connectivity index (χ4v) is 1.54. The van der Waals surface area contributed by atoms with Gasteiger partial charge in [-0.25, -0.2) is 0 Å². The summed E-state index contributed by atoms with van der Waals surface area (Å²) in [6, 6.07) is 0. The van der Waals surface area contributed by atoms with Crippen molar-refractivity contribution in [2.24, 2.45) is 5.92 Å². The Bertz CT molecular complexity index is 157. The summed E-state index contributed by atoms with van der Waals surface area (Å²) in [4.78, 5) is 15.4. The molecule has 1 saturated heterocycles. The number of carboxylic acid groups (broad SMARTS) is 1. The lowest BCUT2D eigenvalue weighted by atomic mass is 9.95.